The van der Waals surface area contributed by atoms with E-state index in [1.807, 2.05) is 24.3 Å². The molecule has 1 aromatic carbocycles. The van der Waals surface area contributed by atoms with Crippen molar-refractivity contribution in [2.45, 2.75) is 6.54 Å². The van der Waals surface area contributed by atoms with Gasteiger partial charge in [-0.05, 0) is 12.1 Å². The second-order valence-corrected chi connectivity index (χ2v) is 6.04. The number of thiazole rings is 1. The summed E-state index contributed by atoms with van der Waals surface area (Å²) in [5.41, 5.74) is 2.18. The molecule has 2 heterocycles. The Morgan fingerprint density at radius 3 is 2.60 bits per heavy atom. The first-order chi connectivity index (χ1) is 9.31. The highest BCUT2D eigenvalue weighted by molar-refractivity contribution is 7.09. The van der Waals surface area contributed by atoms with Gasteiger partial charge in [0.25, 0.3) is 0 Å². The summed E-state index contributed by atoms with van der Waals surface area (Å²) in [5.74, 6) is 0. The quantitative estimate of drug-likeness (QED) is 0.936. The SMILES string of the molecule is Cl.Clc1ccc(-c2csc(CN3CCNCC3)n2)cc1. The summed E-state index contributed by atoms with van der Waals surface area (Å²) in [6.07, 6.45) is 0. The second-order valence-electron chi connectivity index (χ2n) is 4.66. The number of rotatable bonds is 3. The fraction of sp³-hybridized carbons (Fsp3) is 0.357. The molecule has 0 aliphatic carbocycles. The van der Waals surface area contributed by atoms with Crippen LogP contribution in [-0.4, -0.2) is 36.1 Å². The lowest BCUT2D eigenvalue weighted by Gasteiger charge is -2.26. The minimum absolute atomic E-state index is 0. The van der Waals surface area contributed by atoms with Gasteiger partial charge in [0.15, 0.2) is 0 Å². The molecule has 1 aliphatic heterocycles. The van der Waals surface area contributed by atoms with Crippen LogP contribution in [0.5, 0.6) is 0 Å². The molecule has 0 amide bonds. The third-order valence-electron chi connectivity index (χ3n) is 3.26. The lowest BCUT2D eigenvalue weighted by Crippen LogP contribution is -2.42. The highest BCUT2D eigenvalue weighted by Gasteiger charge is 2.12. The molecule has 0 unspecified atom stereocenters. The second kappa shape index (κ2) is 7.38. The van der Waals surface area contributed by atoms with Crippen LogP contribution in [0.2, 0.25) is 5.02 Å². The Hall–Kier alpha value is -0.650. The van der Waals surface area contributed by atoms with Gasteiger partial charge in [0.2, 0.25) is 0 Å². The topological polar surface area (TPSA) is 28.2 Å². The van der Waals surface area contributed by atoms with Gasteiger partial charge in [-0.15, -0.1) is 23.7 Å². The van der Waals surface area contributed by atoms with Crippen molar-refractivity contribution in [2.75, 3.05) is 26.2 Å². The van der Waals surface area contributed by atoms with E-state index in [9.17, 15) is 0 Å². The molecule has 20 heavy (non-hydrogen) atoms. The molecule has 0 radical (unpaired) electrons. The molecule has 0 bridgehead atoms. The Kier molecular flexibility index (Phi) is 5.81. The van der Waals surface area contributed by atoms with Gasteiger partial charge in [0.1, 0.15) is 5.01 Å². The van der Waals surface area contributed by atoms with E-state index < -0.39 is 0 Å². The number of halogens is 2. The zero-order valence-electron chi connectivity index (χ0n) is 11.0. The molecule has 108 valence electrons. The Bertz CT molecular complexity index is 536. The molecular formula is C14H17Cl2N3S. The van der Waals surface area contributed by atoms with E-state index in [0.29, 0.717) is 0 Å². The highest BCUT2D eigenvalue weighted by Crippen LogP contribution is 2.24. The first-order valence-corrected chi connectivity index (χ1v) is 7.70. The van der Waals surface area contributed by atoms with Crippen LogP contribution in [-0.2, 0) is 6.54 Å². The maximum Gasteiger partial charge on any atom is 0.107 e. The lowest BCUT2D eigenvalue weighted by molar-refractivity contribution is 0.233. The Balaban J connectivity index is 0.00000147. The van der Waals surface area contributed by atoms with Crippen molar-refractivity contribution in [1.82, 2.24) is 15.2 Å². The van der Waals surface area contributed by atoms with Crippen LogP contribution < -0.4 is 5.32 Å². The van der Waals surface area contributed by atoms with Crippen molar-refractivity contribution < 1.29 is 0 Å². The number of hydrogen-bond donors (Lipinski definition) is 1. The van der Waals surface area contributed by atoms with Gasteiger partial charge in [0, 0.05) is 42.1 Å². The van der Waals surface area contributed by atoms with Crippen LogP contribution in [0.3, 0.4) is 0 Å². The van der Waals surface area contributed by atoms with Crippen molar-refractivity contribution in [1.29, 1.82) is 0 Å². The smallest absolute Gasteiger partial charge is 0.107 e. The molecule has 2 aromatic rings. The zero-order chi connectivity index (χ0) is 13.1. The summed E-state index contributed by atoms with van der Waals surface area (Å²) in [6.45, 7) is 5.33. The van der Waals surface area contributed by atoms with Gasteiger partial charge in [-0.1, -0.05) is 23.7 Å². The summed E-state index contributed by atoms with van der Waals surface area (Å²) >= 11 is 7.64. The third kappa shape index (κ3) is 3.93. The average Bonchev–Trinajstić information content (AvgIpc) is 2.89. The molecule has 1 saturated heterocycles. The predicted molar refractivity (Wildman–Crippen MR) is 88.0 cm³/mol. The zero-order valence-corrected chi connectivity index (χ0v) is 13.4. The Morgan fingerprint density at radius 1 is 1.20 bits per heavy atom. The molecule has 1 aromatic heterocycles. The van der Waals surface area contributed by atoms with Crippen LogP contribution >= 0.6 is 35.3 Å². The molecule has 3 nitrogen and oxygen atoms in total. The molecular weight excluding hydrogens is 313 g/mol. The summed E-state index contributed by atoms with van der Waals surface area (Å²) in [5, 5.41) is 7.44. The summed E-state index contributed by atoms with van der Waals surface area (Å²) in [4.78, 5) is 7.16. The monoisotopic (exact) mass is 329 g/mol. The molecule has 3 rings (SSSR count). The molecule has 1 fully saturated rings. The van der Waals surface area contributed by atoms with Gasteiger partial charge < -0.3 is 5.32 Å². The van der Waals surface area contributed by atoms with Gasteiger partial charge in [-0.25, -0.2) is 4.98 Å². The fourth-order valence-corrected chi connectivity index (χ4v) is 3.17. The van der Waals surface area contributed by atoms with Gasteiger partial charge in [-0.3, -0.25) is 4.90 Å². The van der Waals surface area contributed by atoms with Crippen LogP contribution in [0.25, 0.3) is 11.3 Å². The number of nitrogens with zero attached hydrogens (tertiary/aromatic N) is 2. The van der Waals surface area contributed by atoms with Crippen LogP contribution in [0.4, 0.5) is 0 Å². The van der Waals surface area contributed by atoms with Crippen molar-refractivity contribution >= 4 is 35.3 Å². The van der Waals surface area contributed by atoms with E-state index in [0.717, 1.165) is 49.0 Å². The van der Waals surface area contributed by atoms with E-state index >= 15 is 0 Å². The number of hydrogen-bond acceptors (Lipinski definition) is 4. The van der Waals surface area contributed by atoms with Crippen LogP contribution in [0.1, 0.15) is 5.01 Å². The molecule has 0 spiro atoms. The standard InChI is InChI=1S/C14H16ClN3S.ClH/c15-12-3-1-11(2-4-12)13-10-19-14(17-13)9-18-7-5-16-6-8-18;/h1-4,10,16H,5-9H2;1H. The molecule has 6 heteroatoms. The van der Waals surface area contributed by atoms with E-state index in [-0.39, 0.29) is 12.4 Å². The van der Waals surface area contributed by atoms with Crippen molar-refractivity contribution in [2.24, 2.45) is 0 Å². The number of nitrogens with one attached hydrogen (secondary N) is 1. The maximum atomic E-state index is 5.90. The van der Waals surface area contributed by atoms with E-state index in [4.69, 9.17) is 16.6 Å². The largest absolute Gasteiger partial charge is 0.314 e. The minimum atomic E-state index is 0. The summed E-state index contributed by atoms with van der Waals surface area (Å²) < 4.78 is 0. The number of benzene rings is 1. The molecule has 1 aliphatic rings. The van der Waals surface area contributed by atoms with Crippen LogP contribution in [0, 0.1) is 0 Å². The first kappa shape index (κ1) is 15.7. The Labute approximate surface area is 134 Å². The Morgan fingerprint density at radius 2 is 1.90 bits per heavy atom. The van der Waals surface area contributed by atoms with Crippen molar-refractivity contribution in [3.63, 3.8) is 0 Å². The highest BCUT2D eigenvalue weighted by atomic mass is 35.5. The normalized spacial score (nSPS) is 15.8. The van der Waals surface area contributed by atoms with Crippen LogP contribution in [0.15, 0.2) is 29.6 Å². The maximum absolute atomic E-state index is 5.90. The average molecular weight is 330 g/mol. The lowest BCUT2D eigenvalue weighted by atomic mass is 10.2. The minimum Gasteiger partial charge on any atom is -0.314 e. The number of piperazine rings is 1. The summed E-state index contributed by atoms with van der Waals surface area (Å²) in [6, 6.07) is 7.86. The van der Waals surface area contributed by atoms with Crippen molar-refractivity contribution in [3.8, 4) is 11.3 Å². The van der Waals surface area contributed by atoms with Gasteiger partial charge >= 0.3 is 0 Å². The van der Waals surface area contributed by atoms with Gasteiger partial charge in [0.05, 0.1) is 12.2 Å². The van der Waals surface area contributed by atoms with E-state index in [2.05, 4.69) is 15.6 Å². The first-order valence-electron chi connectivity index (χ1n) is 6.45. The van der Waals surface area contributed by atoms with E-state index in [1.165, 1.54) is 5.01 Å². The number of aromatic nitrogens is 1. The van der Waals surface area contributed by atoms with Crippen molar-refractivity contribution in [3.05, 3.63) is 39.7 Å². The molecule has 1 N–H and O–H groups in total. The third-order valence-corrected chi connectivity index (χ3v) is 4.35. The molecule has 0 atom stereocenters. The molecule has 0 saturated carbocycles. The van der Waals surface area contributed by atoms with E-state index in [1.54, 1.807) is 11.3 Å². The summed E-state index contributed by atoms with van der Waals surface area (Å²) in [7, 11) is 0. The van der Waals surface area contributed by atoms with Gasteiger partial charge in [-0.2, -0.15) is 0 Å². The predicted octanol–water partition coefficient (Wildman–Crippen LogP) is 3.29. The fourth-order valence-electron chi connectivity index (χ4n) is 2.20.